The van der Waals surface area contributed by atoms with Crippen LogP contribution in [0.1, 0.15) is 25.7 Å². The molecule has 1 N–H and O–H groups in total. The molecule has 0 atom stereocenters. The lowest BCUT2D eigenvalue weighted by Crippen LogP contribution is -2.38. The van der Waals surface area contributed by atoms with Crippen LogP contribution in [0.5, 0.6) is 0 Å². The van der Waals surface area contributed by atoms with Crippen LogP contribution in [0.4, 0.5) is 11.6 Å². The zero-order chi connectivity index (χ0) is 13.8. The standard InChI is InChI=1S/C15H25N5/c1-16-14-10-17-11-15(18-14)20-8-4-13(5-9-20)12-19-6-2-3-7-19/h10-11,13H,2-9,12H2,1H3,(H,16,18). The van der Waals surface area contributed by atoms with Crippen LogP contribution in [-0.4, -0.2) is 54.6 Å². The summed E-state index contributed by atoms with van der Waals surface area (Å²) in [5.74, 6) is 2.72. The molecule has 2 fully saturated rings. The van der Waals surface area contributed by atoms with Gasteiger partial charge in [-0.3, -0.25) is 4.98 Å². The molecule has 3 heterocycles. The van der Waals surface area contributed by atoms with Gasteiger partial charge in [-0.15, -0.1) is 0 Å². The van der Waals surface area contributed by atoms with Crippen molar-refractivity contribution in [2.24, 2.45) is 5.92 Å². The Balaban J connectivity index is 1.52. The second-order valence-electron chi connectivity index (χ2n) is 5.95. The van der Waals surface area contributed by atoms with Crippen LogP contribution in [0.3, 0.4) is 0 Å². The Hall–Kier alpha value is -1.36. The first-order valence-corrected chi connectivity index (χ1v) is 7.82. The van der Waals surface area contributed by atoms with Gasteiger partial charge in [-0.25, -0.2) is 4.98 Å². The van der Waals surface area contributed by atoms with Crippen LogP contribution < -0.4 is 10.2 Å². The van der Waals surface area contributed by atoms with Gasteiger partial charge in [0.05, 0.1) is 12.4 Å². The first-order chi connectivity index (χ1) is 9.85. The lowest BCUT2D eigenvalue weighted by Gasteiger charge is -2.34. The number of piperidine rings is 1. The number of anilines is 2. The van der Waals surface area contributed by atoms with E-state index in [0.717, 1.165) is 30.6 Å². The quantitative estimate of drug-likeness (QED) is 0.908. The topological polar surface area (TPSA) is 44.3 Å². The predicted octanol–water partition coefficient (Wildman–Crippen LogP) is 1.83. The third-order valence-corrected chi connectivity index (χ3v) is 4.53. The van der Waals surface area contributed by atoms with Crippen molar-refractivity contribution in [2.45, 2.75) is 25.7 Å². The normalized spacial score (nSPS) is 21.4. The maximum Gasteiger partial charge on any atom is 0.149 e. The third kappa shape index (κ3) is 3.20. The Kier molecular flexibility index (Phi) is 4.35. The van der Waals surface area contributed by atoms with Gasteiger partial charge in [-0.1, -0.05) is 0 Å². The first kappa shape index (κ1) is 13.6. The van der Waals surface area contributed by atoms with E-state index in [1.807, 2.05) is 13.2 Å². The minimum Gasteiger partial charge on any atom is -0.372 e. The van der Waals surface area contributed by atoms with Gasteiger partial charge in [-0.05, 0) is 44.7 Å². The lowest BCUT2D eigenvalue weighted by molar-refractivity contribution is 0.249. The number of hydrogen-bond donors (Lipinski definition) is 1. The molecule has 0 bridgehead atoms. The van der Waals surface area contributed by atoms with Crippen LogP contribution in [0, 0.1) is 5.92 Å². The molecule has 0 amide bonds. The van der Waals surface area contributed by atoms with Gasteiger partial charge in [0.2, 0.25) is 0 Å². The van der Waals surface area contributed by atoms with Crippen LogP contribution in [0.25, 0.3) is 0 Å². The van der Waals surface area contributed by atoms with Gasteiger partial charge in [0, 0.05) is 26.7 Å². The zero-order valence-electron chi connectivity index (χ0n) is 12.4. The summed E-state index contributed by atoms with van der Waals surface area (Å²) >= 11 is 0. The van der Waals surface area contributed by atoms with E-state index in [2.05, 4.69) is 25.1 Å². The predicted molar refractivity (Wildman–Crippen MR) is 82.2 cm³/mol. The molecule has 2 aliphatic rings. The molecule has 3 rings (SSSR count). The summed E-state index contributed by atoms with van der Waals surface area (Å²) in [6.07, 6.45) is 8.99. The Bertz CT molecular complexity index is 422. The highest BCUT2D eigenvalue weighted by molar-refractivity contribution is 5.43. The van der Waals surface area contributed by atoms with Crippen molar-refractivity contribution in [3.8, 4) is 0 Å². The Morgan fingerprint density at radius 1 is 1.15 bits per heavy atom. The monoisotopic (exact) mass is 275 g/mol. The molecule has 2 aliphatic heterocycles. The highest BCUT2D eigenvalue weighted by Crippen LogP contribution is 2.24. The second kappa shape index (κ2) is 6.39. The fraction of sp³-hybridized carbons (Fsp3) is 0.733. The van der Waals surface area contributed by atoms with Crippen molar-refractivity contribution in [1.29, 1.82) is 0 Å². The van der Waals surface area contributed by atoms with E-state index in [-0.39, 0.29) is 0 Å². The zero-order valence-corrected chi connectivity index (χ0v) is 12.4. The number of hydrogen-bond acceptors (Lipinski definition) is 5. The first-order valence-electron chi connectivity index (χ1n) is 7.82. The molecule has 5 heteroatoms. The molecule has 0 spiro atoms. The van der Waals surface area contributed by atoms with Crippen molar-refractivity contribution >= 4 is 11.6 Å². The molecule has 5 nitrogen and oxygen atoms in total. The van der Waals surface area contributed by atoms with Crippen molar-refractivity contribution in [1.82, 2.24) is 14.9 Å². The van der Waals surface area contributed by atoms with E-state index >= 15 is 0 Å². The fourth-order valence-corrected chi connectivity index (χ4v) is 3.30. The molecule has 2 saturated heterocycles. The average Bonchev–Trinajstić information content (AvgIpc) is 3.01. The number of rotatable bonds is 4. The van der Waals surface area contributed by atoms with Crippen molar-refractivity contribution in [3.63, 3.8) is 0 Å². The number of nitrogens with zero attached hydrogens (tertiary/aromatic N) is 4. The number of nitrogens with one attached hydrogen (secondary N) is 1. The Labute approximate surface area is 121 Å². The molecule has 0 aliphatic carbocycles. The van der Waals surface area contributed by atoms with E-state index in [1.165, 1.54) is 45.3 Å². The van der Waals surface area contributed by atoms with Gasteiger partial charge >= 0.3 is 0 Å². The van der Waals surface area contributed by atoms with E-state index in [0.29, 0.717) is 0 Å². The molecule has 1 aromatic heterocycles. The van der Waals surface area contributed by atoms with Crippen molar-refractivity contribution in [2.75, 3.05) is 50.0 Å². The molecule has 0 aromatic carbocycles. The number of aromatic nitrogens is 2. The smallest absolute Gasteiger partial charge is 0.149 e. The van der Waals surface area contributed by atoms with E-state index in [9.17, 15) is 0 Å². The maximum atomic E-state index is 4.59. The summed E-state index contributed by atoms with van der Waals surface area (Å²) in [6.45, 7) is 6.16. The molecule has 0 saturated carbocycles. The SMILES string of the molecule is CNc1cncc(N2CCC(CN3CCCC3)CC2)n1. The molecule has 1 aromatic rings. The average molecular weight is 275 g/mol. The highest BCUT2D eigenvalue weighted by Gasteiger charge is 2.23. The minimum atomic E-state index is 0.849. The molecule has 0 radical (unpaired) electrons. The molecule has 110 valence electrons. The van der Waals surface area contributed by atoms with E-state index < -0.39 is 0 Å². The van der Waals surface area contributed by atoms with Crippen LogP contribution in [0.2, 0.25) is 0 Å². The van der Waals surface area contributed by atoms with Gasteiger partial charge in [0.25, 0.3) is 0 Å². The minimum absolute atomic E-state index is 0.849. The van der Waals surface area contributed by atoms with Crippen LogP contribution in [-0.2, 0) is 0 Å². The Morgan fingerprint density at radius 3 is 2.60 bits per heavy atom. The summed E-state index contributed by atoms with van der Waals surface area (Å²) in [5, 5.41) is 3.06. The summed E-state index contributed by atoms with van der Waals surface area (Å²) in [5.41, 5.74) is 0. The van der Waals surface area contributed by atoms with Gasteiger partial charge in [0.1, 0.15) is 11.6 Å². The Morgan fingerprint density at radius 2 is 1.90 bits per heavy atom. The van der Waals surface area contributed by atoms with Gasteiger partial charge in [0.15, 0.2) is 0 Å². The maximum absolute atomic E-state index is 4.59. The fourth-order valence-electron chi connectivity index (χ4n) is 3.30. The van der Waals surface area contributed by atoms with E-state index in [4.69, 9.17) is 0 Å². The molecule has 0 unspecified atom stereocenters. The summed E-state index contributed by atoms with van der Waals surface area (Å²) in [4.78, 5) is 13.9. The van der Waals surface area contributed by atoms with Gasteiger partial charge < -0.3 is 15.1 Å². The highest BCUT2D eigenvalue weighted by atomic mass is 15.2. The van der Waals surface area contributed by atoms with E-state index in [1.54, 1.807) is 6.20 Å². The molecular formula is C15H25N5. The van der Waals surface area contributed by atoms with Crippen molar-refractivity contribution < 1.29 is 0 Å². The van der Waals surface area contributed by atoms with Crippen LogP contribution in [0.15, 0.2) is 12.4 Å². The summed E-state index contributed by atoms with van der Waals surface area (Å²) in [6, 6.07) is 0. The summed E-state index contributed by atoms with van der Waals surface area (Å²) < 4.78 is 0. The van der Waals surface area contributed by atoms with Crippen molar-refractivity contribution in [3.05, 3.63) is 12.4 Å². The largest absolute Gasteiger partial charge is 0.372 e. The number of likely N-dealkylation sites (tertiary alicyclic amines) is 1. The molecular weight excluding hydrogens is 250 g/mol. The second-order valence-corrected chi connectivity index (χ2v) is 5.95. The molecule has 20 heavy (non-hydrogen) atoms. The lowest BCUT2D eigenvalue weighted by atomic mass is 9.96. The summed E-state index contributed by atoms with van der Waals surface area (Å²) in [7, 11) is 1.88. The van der Waals surface area contributed by atoms with Gasteiger partial charge in [-0.2, -0.15) is 0 Å². The third-order valence-electron chi connectivity index (χ3n) is 4.53. The van der Waals surface area contributed by atoms with Crippen LogP contribution >= 0.6 is 0 Å².